The molecule has 1 aliphatic heterocycles. The largest absolute Gasteiger partial charge is 0.494 e. The van der Waals surface area contributed by atoms with Crippen molar-refractivity contribution < 1.29 is 4.74 Å². The second kappa shape index (κ2) is 5.71. The van der Waals surface area contributed by atoms with E-state index in [-0.39, 0.29) is 0 Å². The van der Waals surface area contributed by atoms with Crippen LogP contribution in [0.3, 0.4) is 0 Å². The Balaban J connectivity index is 2.74. The van der Waals surface area contributed by atoms with Crippen molar-refractivity contribution in [1.29, 1.82) is 0 Å². The van der Waals surface area contributed by atoms with Crippen molar-refractivity contribution in [3.05, 3.63) is 36.1 Å². The van der Waals surface area contributed by atoms with E-state index in [1.54, 1.807) is 7.41 Å². The summed E-state index contributed by atoms with van der Waals surface area (Å²) >= 11 is 0. The standard InChI is InChI=1S/C11H17BNO/c1-3-5-6-11-9(4-2)7-10(12-13)8-14-11/h4-6,10H,2-3,7-8,13H2,1H3/b6-5-. The van der Waals surface area contributed by atoms with Crippen LogP contribution in [-0.4, -0.2) is 14.0 Å². The van der Waals surface area contributed by atoms with Gasteiger partial charge in [-0.25, -0.2) is 0 Å². The average molecular weight is 190 g/mol. The fraction of sp³-hybridized carbons (Fsp3) is 0.455. The highest BCUT2D eigenvalue weighted by molar-refractivity contribution is 6.33. The highest BCUT2D eigenvalue weighted by Gasteiger charge is 2.18. The van der Waals surface area contributed by atoms with Gasteiger partial charge in [0.2, 0.25) is 7.41 Å². The summed E-state index contributed by atoms with van der Waals surface area (Å²) in [7, 11) is 1.70. The van der Waals surface area contributed by atoms with E-state index in [2.05, 4.69) is 19.6 Å². The van der Waals surface area contributed by atoms with E-state index in [1.165, 1.54) is 0 Å². The Labute approximate surface area is 86.8 Å². The van der Waals surface area contributed by atoms with Gasteiger partial charge in [-0.1, -0.05) is 25.7 Å². The first-order valence-corrected chi connectivity index (χ1v) is 5.01. The summed E-state index contributed by atoms with van der Waals surface area (Å²) in [6.45, 7) is 6.56. The molecule has 0 fully saturated rings. The fourth-order valence-electron chi connectivity index (χ4n) is 1.42. The molecule has 75 valence electrons. The van der Waals surface area contributed by atoms with Gasteiger partial charge in [-0.2, -0.15) is 0 Å². The summed E-state index contributed by atoms with van der Waals surface area (Å²) in [5.41, 5.74) is 6.63. The zero-order valence-corrected chi connectivity index (χ0v) is 8.70. The van der Waals surface area contributed by atoms with E-state index in [1.807, 2.05) is 12.2 Å². The van der Waals surface area contributed by atoms with Crippen LogP contribution in [0.25, 0.3) is 0 Å². The maximum absolute atomic E-state index is 5.60. The summed E-state index contributed by atoms with van der Waals surface area (Å²) in [6.07, 6.45) is 7.91. The van der Waals surface area contributed by atoms with Gasteiger partial charge in [-0.05, 0) is 30.3 Å². The Kier molecular flexibility index (Phi) is 4.53. The zero-order valence-electron chi connectivity index (χ0n) is 8.70. The molecule has 1 rings (SSSR count). The van der Waals surface area contributed by atoms with Crippen LogP contribution < -0.4 is 5.64 Å². The third-order valence-corrected chi connectivity index (χ3v) is 2.27. The van der Waals surface area contributed by atoms with Crippen molar-refractivity contribution in [3.8, 4) is 0 Å². The van der Waals surface area contributed by atoms with E-state index >= 15 is 0 Å². The Morgan fingerprint density at radius 3 is 3.07 bits per heavy atom. The third-order valence-electron chi connectivity index (χ3n) is 2.27. The van der Waals surface area contributed by atoms with E-state index in [0.29, 0.717) is 12.4 Å². The van der Waals surface area contributed by atoms with Crippen molar-refractivity contribution >= 4 is 7.41 Å². The van der Waals surface area contributed by atoms with Crippen LogP contribution in [0.5, 0.6) is 0 Å². The number of nitrogens with two attached hydrogens (primary N) is 1. The molecule has 0 aromatic rings. The predicted octanol–water partition coefficient (Wildman–Crippen LogP) is 2.18. The molecule has 1 radical (unpaired) electrons. The lowest BCUT2D eigenvalue weighted by molar-refractivity contribution is 0.201. The molecule has 0 aromatic heterocycles. The van der Waals surface area contributed by atoms with Crippen LogP contribution in [0.4, 0.5) is 0 Å². The second-order valence-electron chi connectivity index (χ2n) is 3.37. The minimum absolute atomic E-state index is 0.321. The molecule has 0 aromatic carbocycles. The quantitative estimate of drug-likeness (QED) is 0.689. The topological polar surface area (TPSA) is 35.2 Å². The molecule has 1 heterocycles. The van der Waals surface area contributed by atoms with Gasteiger partial charge in [-0.3, -0.25) is 0 Å². The monoisotopic (exact) mass is 190 g/mol. The molecule has 2 nitrogen and oxygen atoms in total. The van der Waals surface area contributed by atoms with Crippen LogP contribution in [0.2, 0.25) is 5.82 Å². The van der Waals surface area contributed by atoms with Gasteiger partial charge in [0.05, 0.1) is 6.61 Å². The molecule has 0 saturated heterocycles. The highest BCUT2D eigenvalue weighted by atomic mass is 16.5. The smallest absolute Gasteiger partial charge is 0.209 e. The molecule has 1 aliphatic rings. The van der Waals surface area contributed by atoms with E-state index in [4.69, 9.17) is 10.4 Å². The summed E-state index contributed by atoms with van der Waals surface area (Å²) in [6, 6.07) is 0. The number of allylic oxidation sites excluding steroid dienone is 4. The molecular weight excluding hydrogens is 173 g/mol. The van der Waals surface area contributed by atoms with Gasteiger partial charge < -0.3 is 10.4 Å². The molecular formula is C11H17BNO. The van der Waals surface area contributed by atoms with Gasteiger partial charge >= 0.3 is 0 Å². The number of hydrogen-bond acceptors (Lipinski definition) is 2. The molecule has 14 heavy (non-hydrogen) atoms. The zero-order chi connectivity index (χ0) is 10.4. The van der Waals surface area contributed by atoms with Crippen molar-refractivity contribution in [2.24, 2.45) is 5.64 Å². The number of hydrogen-bond donors (Lipinski definition) is 1. The van der Waals surface area contributed by atoms with Crippen LogP contribution >= 0.6 is 0 Å². The summed E-state index contributed by atoms with van der Waals surface area (Å²) in [5, 5.41) is 0. The Bertz CT molecular complexity index is 258. The van der Waals surface area contributed by atoms with E-state index in [9.17, 15) is 0 Å². The van der Waals surface area contributed by atoms with Crippen LogP contribution in [0.15, 0.2) is 36.1 Å². The molecule has 0 saturated carbocycles. The molecule has 3 heteroatoms. The maximum Gasteiger partial charge on any atom is 0.209 e. The first-order chi connectivity index (χ1) is 6.81. The van der Waals surface area contributed by atoms with Gasteiger partial charge in [-0.15, -0.1) is 0 Å². The van der Waals surface area contributed by atoms with Crippen molar-refractivity contribution in [2.75, 3.05) is 6.61 Å². The normalized spacial score (nSPS) is 22.3. The van der Waals surface area contributed by atoms with Crippen LogP contribution in [-0.2, 0) is 4.74 Å². The lowest BCUT2D eigenvalue weighted by Gasteiger charge is -2.23. The minimum Gasteiger partial charge on any atom is -0.494 e. The lowest BCUT2D eigenvalue weighted by Crippen LogP contribution is -2.22. The number of rotatable bonds is 4. The van der Waals surface area contributed by atoms with Crippen LogP contribution in [0.1, 0.15) is 19.8 Å². The Hall–Kier alpha value is -0.955. The first kappa shape index (κ1) is 11.1. The SMILES string of the molecule is C=CC1=C(/C=C\CC)OCC([B]N)C1. The van der Waals surface area contributed by atoms with Crippen molar-refractivity contribution in [1.82, 2.24) is 0 Å². The maximum atomic E-state index is 5.60. The molecule has 0 aliphatic carbocycles. The molecule has 2 N–H and O–H groups in total. The van der Waals surface area contributed by atoms with Gasteiger partial charge in [0.25, 0.3) is 0 Å². The minimum atomic E-state index is 0.321. The lowest BCUT2D eigenvalue weighted by atomic mass is 9.72. The molecule has 0 amide bonds. The second-order valence-corrected chi connectivity index (χ2v) is 3.37. The molecule has 1 unspecified atom stereocenters. The Morgan fingerprint density at radius 2 is 2.50 bits per heavy atom. The number of ether oxygens (including phenoxy) is 1. The predicted molar refractivity (Wildman–Crippen MR) is 60.9 cm³/mol. The fourth-order valence-corrected chi connectivity index (χ4v) is 1.42. The van der Waals surface area contributed by atoms with E-state index < -0.39 is 0 Å². The highest BCUT2D eigenvalue weighted by Crippen LogP contribution is 2.27. The summed E-state index contributed by atoms with van der Waals surface area (Å²) in [5.74, 6) is 1.27. The molecule has 0 bridgehead atoms. The average Bonchev–Trinajstić information content (AvgIpc) is 2.26. The van der Waals surface area contributed by atoms with E-state index in [0.717, 1.165) is 24.2 Å². The summed E-state index contributed by atoms with van der Waals surface area (Å²) in [4.78, 5) is 0. The van der Waals surface area contributed by atoms with Gasteiger partial charge in [0.1, 0.15) is 5.76 Å². The third kappa shape index (κ3) is 2.77. The first-order valence-electron chi connectivity index (χ1n) is 5.01. The van der Waals surface area contributed by atoms with Gasteiger partial charge in [0.15, 0.2) is 0 Å². The van der Waals surface area contributed by atoms with Gasteiger partial charge in [0, 0.05) is 0 Å². The molecule has 1 atom stereocenters. The van der Waals surface area contributed by atoms with Crippen molar-refractivity contribution in [3.63, 3.8) is 0 Å². The summed E-state index contributed by atoms with van der Waals surface area (Å²) < 4.78 is 5.60. The van der Waals surface area contributed by atoms with Crippen LogP contribution in [0, 0.1) is 0 Å². The molecule has 0 spiro atoms. The Morgan fingerprint density at radius 1 is 1.71 bits per heavy atom. The van der Waals surface area contributed by atoms with Crippen molar-refractivity contribution in [2.45, 2.75) is 25.6 Å².